The van der Waals surface area contributed by atoms with Gasteiger partial charge in [0.15, 0.2) is 5.13 Å². The number of aromatic nitrogens is 1. The van der Waals surface area contributed by atoms with Crippen molar-refractivity contribution >= 4 is 34.0 Å². The van der Waals surface area contributed by atoms with Gasteiger partial charge in [-0.25, -0.2) is 4.98 Å². The molecule has 3 nitrogen and oxygen atoms in total. The highest BCUT2D eigenvalue weighted by molar-refractivity contribution is 7.15. The largest absolute Gasteiger partial charge is 0.301 e. The van der Waals surface area contributed by atoms with Gasteiger partial charge in [0.2, 0.25) is 5.91 Å². The van der Waals surface area contributed by atoms with Gasteiger partial charge in [0.1, 0.15) is 0 Å². The molecule has 0 bridgehead atoms. The molecule has 3 rings (SSSR count). The predicted octanol–water partition coefficient (Wildman–Crippen LogP) is 5.13. The quantitative estimate of drug-likeness (QED) is 0.688. The van der Waals surface area contributed by atoms with Crippen molar-refractivity contribution in [2.45, 2.75) is 19.3 Å². The van der Waals surface area contributed by atoms with Crippen molar-refractivity contribution in [3.05, 3.63) is 81.8 Å². The summed E-state index contributed by atoms with van der Waals surface area (Å²) in [6.07, 6.45) is 2.58. The zero-order valence-electron chi connectivity index (χ0n) is 13.2. The molecule has 1 atom stereocenters. The average molecular weight is 357 g/mol. The Labute approximate surface area is 150 Å². The molecule has 0 saturated heterocycles. The molecule has 24 heavy (non-hydrogen) atoms. The maximum absolute atomic E-state index is 12.4. The highest BCUT2D eigenvalue weighted by atomic mass is 35.5. The third-order valence-corrected chi connectivity index (χ3v) is 4.93. The monoisotopic (exact) mass is 356 g/mol. The van der Waals surface area contributed by atoms with Gasteiger partial charge in [-0.05, 0) is 30.2 Å². The van der Waals surface area contributed by atoms with E-state index < -0.39 is 0 Å². The number of nitrogens with zero attached hydrogens (tertiary/aromatic N) is 1. The van der Waals surface area contributed by atoms with Gasteiger partial charge in [-0.2, -0.15) is 0 Å². The first-order valence-electron chi connectivity index (χ1n) is 7.67. The van der Waals surface area contributed by atoms with Gasteiger partial charge in [-0.15, -0.1) is 11.3 Å². The average Bonchev–Trinajstić information content (AvgIpc) is 3.04. The number of halogens is 1. The minimum absolute atomic E-state index is 0.0476. The van der Waals surface area contributed by atoms with Crippen molar-refractivity contribution in [3.8, 4) is 0 Å². The minimum atomic E-state index is -0.213. The Kier molecular flexibility index (Phi) is 5.28. The second kappa shape index (κ2) is 7.60. The second-order valence-electron chi connectivity index (χ2n) is 5.56. The topological polar surface area (TPSA) is 42.0 Å². The molecule has 1 unspecified atom stereocenters. The Morgan fingerprint density at radius 2 is 1.88 bits per heavy atom. The molecule has 122 valence electrons. The molecule has 3 aromatic rings. The molecular formula is C19H17ClN2OS. The fourth-order valence-corrected chi connectivity index (χ4v) is 3.33. The van der Waals surface area contributed by atoms with Crippen molar-refractivity contribution in [2.24, 2.45) is 0 Å². The van der Waals surface area contributed by atoms with E-state index in [1.165, 1.54) is 16.9 Å². The van der Waals surface area contributed by atoms with Crippen LogP contribution in [-0.2, 0) is 11.2 Å². The summed E-state index contributed by atoms with van der Waals surface area (Å²) in [7, 11) is 0. The van der Waals surface area contributed by atoms with Gasteiger partial charge in [-0.1, -0.05) is 54.1 Å². The first-order chi connectivity index (χ1) is 11.6. The SMILES string of the molecule is CC(C(=O)Nc1ncc(Cc2ccc(Cl)cc2)s1)c1ccccc1. The Morgan fingerprint density at radius 3 is 2.58 bits per heavy atom. The van der Waals surface area contributed by atoms with Crippen molar-refractivity contribution < 1.29 is 4.79 Å². The van der Waals surface area contributed by atoms with E-state index in [9.17, 15) is 4.79 Å². The van der Waals surface area contributed by atoms with Crippen molar-refractivity contribution in [1.82, 2.24) is 4.98 Å². The van der Waals surface area contributed by atoms with Crippen LogP contribution in [0.15, 0.2) is 60.8 Å². The van der Waals surface area contributed by atoms with E-state index in [-0.39, 0.29) is 11.8 Å². The van der Waals surface area contributed by atoms with Crippen molar-refractivity contribution in [3.63, 3.8) is 0 Å². The van der Waals surface area contributed by atoms with Gasteiger partial charge in [0, 0.05) is 22.5 Å². The molecule has 0 aliphatic rings. The predicted molar refractivity (Wildman–Crippen MR) is 99.9 cm³/mol. The molecule has 5 heteroatoms. The van der Waals surface area contributed by atoms with Gasteiger partial charge in [0.25, 0.3) is 0 Å². The van der Waals surface area contributed by atoms with E-state index in [4.69, 9.17) is 11.6 Å². The summed E-state index contributed by atoms with van der Waals surface area (Å²) < 4.78 is 0. The second-order valence-corrected chi connectivity index (χ2v) is 7.11. The first kappa shape index (κ1) is 16.7. The zero-order chi connectivity index (χ0) is 16.9. The van der Waals surface area contributed by atoms with E-state index in [0.29, 0.717) is 5.13 Å². The van der Waals surface area contributed by atoms with Crippen LogP contribution in [-0.4, -0.2) is 10.9 Å². The zero-order valence-corrected chi connectivity index (χ0v) is 14.8. The molecule has 0 aliphatic heterocycles. The summed E-state index contributed by atoms with van der Waals surface area (Å²) >= 11 is 7.40. The lowest BCUT2D eigenvalue weighted by molar-refractivity contribution is -0.117. The van der Waals surface area contributed by atoms with Crippen LogP contribution in [0.1, 0.15) is 28.8 Å². The van der Waals surface area contributed by atoms with Crippen LogP contribution in [0.5, 0.6) is 0 Å². The summed E-state index contributed by atoms with van der Waals surface area (Å²) in [6, 6.07) is 17.5. The van der Waals surface area contributed by atoms with Gasteiger partial charge in [0.05, 0.1) is 5.92 Å². The number of thiazole rings is 1. The Hall–Kier alpha value is -2.17. The van der Waals surface area contributed by atoms with Crippen LogP contribution in [0.4, 0.5) is 5.13 Å². The first-order valence-corrected chi connectivity index (χ1v) is 8.86. The lowest BCUT2D eigenvalue weighted by Gasteiger charge is -2.10. The number of carbonyl (C=O) groups excluding carboxylic acids is 1. The Balaban J connectivity index is 1.63. The van der Waals surface area contributed by atoms with Crippen LogP contribution in [0.3, 0.4) is 0 Å². The summed E-state index contributed by atoms with van der Waals surface area (Å²) in [5, 5.41) is 4.26. The number of hydrogen-bond donors (Lipinski definition) is 1. The van der Waals surface area contributed by atoms with Crippen molar-refractivity contribution in [1.29, 1.82) is 0 Å². The van der Waals surface area contributed by atoms with E-state index >= 15 is 0 Å². The van der Waals surface area contributed by atoms with Crippen LogP contribution >= 0.6 is 22.9 Å². The normalized spacial score (nSPS) is 11.9. The number of rotatable bonds is 5. The smallest absolute Gasteiger partial charge is 0.233 e. The fraction of sp³-hybridized carbons (Fsp3) is 0.158. The number of nitrogens with one attached hydrogen (secondary N) is 1. The maximum Gasteiger partial charge on any atom is 0.233 e. The van der Waals surface area contributed by atoms with E-state index in [0.717, 1.165) is 21.9 Å². The molecule has 0 saturated carbocycles. The van der Waals surface area contributed by atoms with Crippen LogP contribution < -0.4 is 5.32 Å². The maximum atomic E-state index is 12.4. The third kappa shape index (κ3) is 4.22. The van der Waals surface area contributed by atoms with Gasteiger partial charge < -0.3 is 5.32 Å². The molecule has 0 aliphatic carbocycles. The van der Waals surface area contributed by atoms with Gasteiger partial charge in [-0.3, -0.25) is 4.79 Å². The number of anilines is 1. The molecule has 0 radical (unpaired) electrons. The summed E-state index contributed by atoms with van der Waals surface area (Å²) in [6.45, 7) is 1.90. The van der Waals surface area contributed by atoms with E-state index in [1.807, 2.05) is 67.7 Å². The third-order valence-electron chi connectivity index (χ3n) is 3.77. The highest BCUT2D eigenvalue weighted by Crippen LogP contribution is 2.24. The molecule has 1 aromatic heterocycles. The lowest BCUT2D eigenvalue weighted by atomic mass is 10.0. The lowest BCUT2D eigenvalue weighted by Crippen LogP contribution is -2.18. The van der Waals surface area contributed by atoms with E-state index in [1.54, 1.807) is 0 Å². The minimum Gasteiger partial charge on any atom is -0.301 e. The summed E-state index contributed by atoms with van der Waals surface area (Å²) in [4.78, 5) is 17.8. The molecule has 1 amide bonds. The number of benzene rings is 2. The van der Waals surface area contributed by atoms with Crippen LogP contribution in [0.25, 0.3) is 0 Å². The Morgan fingerprint density at radius 1 is 1.17 bits per heavy atom. The standard InChI is InChI=1S/C19H17ClN2OS/c1-13(15-5-3-2-4-6-15)18(23)22-19-21-12-17(24-19)11-14-7-9-16(20)10-8-14/h2-10,12-13H,11H2,1H3,(H,21,22,23). The van der Waals surface area contributed by atoms with Crippen LogP contribution in [0, 0.1) is 0 Å². The summed E-state index contributed by atoms with van der Waals surface area (Å²) in [5.74, 6) is -0.261. The Bertz CT molecular complexity index is 815. The van der Waals surface area contributed by atoms with E-state index in [2.05, 4.69) is 10.3 Å². The van der Waals surface area contributed by atoms with Gasteiger partial charge >= 0.3 is 0 Å². The molecule has 1 N–H and O–H groups in total. The molecule has 2 aromatic carbocycles. The molecule has 1 heterocycles. The van der Waals surface area contributed by atoms with Crippen LogP contribution in [0.2, 0.25) is 5.02 Å². The molecule has 0 fully saturated rings. The number of carbonyl (C=O) groups is 1. The summed E-state index contributed by atoms with van der Waals surface area (Å²) in [5.41, 5.74) is 2.16. The fourth-order valence-electron chi connectivity index (χ4n) is 2.36. The highest BCUT2D eigenvalue weighted by Gasteiger charge is 2.16. The number of amides is 1. The molecular weight excluding hydrogens is 340 g/mol. The number of hydrogen-bond acceptors (Lipinski definition) is 3. The van der Waals surface area contributed by atoms with Crippen molar-refractivity contribution in [2.75, 3.05) is 5.32 Å². The molecule has 0 spiro atoms.